The average Bonchev–Trinajstić information content (AvgIpc) is 2.91. The lowest BCUT2D eigenvalue weighted by Crippen LogP contribution is -2.43. The topological polar surface area (TPSA) is 66.5 Å². The monoisotopic (exact) mass is 475 g/mol. The first-order valence-corrected chi connectivity index (χ1v) is 11.6. The number of esters is 1. The number of rotatable bonds is 6. The van der Waals surface area contributed by atoms with E-state index in [4.69, 9.17) is 23.7 Å². The second-order valence-corrected chi connectivity index (χ2v) is 8.67. The summed E-state index contributed by atoms with van der Waals surface area (Å²) in [5, 5.41) is 0. The molecule has 0 fully saturated rings. The number of hydrogen-bond acceptors (Lipinski definition) is 7. The highest BCUT2D eigenvalue weighted by molar-refractivity contribution is 5.89. The standard InChI is InChI=1S/C28H29NO6/c1-31-22-12-18-10-11-29-16-19-13-23(32-2)25(34-4)15-21(19)27(26(29)20(18)14-24(22)33-3)35-28(30)17-8-6-5-7-9-17/h5-9,12-15,26-27H,10-11,16H2,1-4H3/t26-,27-/m1/s1. The number of hydrogen-bond donors (Lipinski definition) is 0. The molecule has 0 aliphatic carbocycles. The summed E-state index contributed by atoms with van der Waals surface area (Å²) < 4.78 is 28.6. The molecule has 2 aliphatic rings. The van der Waals surface area contributed by atoms with E-state index >= 15 is 0 Å². The third-order valence-electron chi connectivity index (χ3n) is 6.88. The largest absolute Gasteiger partial charge is 0.493 e. The first kappa shape index (κ1) is 23.1. The molecule has 2 aliphatic heterocycles. The zero-order valence-corrected chi connectivity index (χ0v) is 20.4. The Bertz CT molecular complexity index is 1240. The highest BCUT2D eigenvalue weighted by Crippen LogP contribution is 2.50. The Morgan fingerprint density at radius 2 is 1.34 bits per heavy atom. The van der Waals surface area contributed by atoms with Crippen LogP contribution < -0.4 is 18.9 Å². The van der Waals surface area contributed by atoms with Crippen LogP contribution in [-0.4, -0.2) is 45.9 Å². The summed E-state index contributed by atoms with van der Waals surface area (Å²) in [6.07, 6.45) is 0.303. The maximum atomic E-state index is 13.3. The molecule has 0 aromatic heterocycles. The molecule has 35 heavy (non-hydrogen) atoms. The van der Waals surface area contributed by atoms with Gasteiger partial charge < -0.3 is 23.7 Å². The van der Waals surface area contributed by atoms with Crippen LogP contribution >= 0.6 is 0 Å². The second-order valence-electron chi connectivity index (χ2n) is 8.67. The van der Waals surface area contributed by atoms with Crippen LogP contribution in [0.2, 0.25) is 0 Å². The summed E-state index contributed by atoms with van der Waals surface area (Å²) in [6.45, 7) is 1.52. The lowest BCUT2D eigenvalue weighted by molar-refractivity contribution is -0.0177. The van der Waals surface area contributed by atoms with Crippen molar-refractivity contribution in [3.05, 3.63) is 82.4 Å². The molecule has 0 bridgehead atoms. The fourth-order valence-corrected chi connectivity index (χ4v) is 5.17. The molecule has 0 spiro atoms. The van der Waals surface area contributed by atoms with Crippen LogP contribution in [0.4, 0.5) is 0 Å². The first-order valence-electron chi connectivity index (χ1n) is 11.6. The highest BCUT2D eigenvalue weighted by Gasteiger charge is 2.43. The van der Waals surface area contributed by atoms with Crippen molar-refractivity contribution in [1.29, 1.82) is 0 Å². The summed E-state index contributed by atoms with van der Waals surface area (Å²) in [5.41, 5.74) is 4.70. The molecule has 182 valence electrons. The van der Waals surface area contributed by atoms with Gasteiger partial charge in [0.15, 0.2) is 23.0 Å². The lowest BCUT2D eigenvalue weighted by atomic mass is 9.81. The van der Waals surface area contributed by atoms with Crippen molar-refractivity contribution >= 4 is 5.97 Å². The number of benzene rings is 3. The van der Waals surface area contributed by atoms with Crippen molar-refractivity contribution in [3.63, 3.8) is 0 Å². The minimum absolute atomic E-state index is 0.184. The molecule has 5 rings (SSSR count). The summed E-state index contributed by atoms with van der Waals surface area (Å²) in [4.78, 5) is 15.6. The lowest BCUT2D eigenvalue weighted by Gasteiger charge is -2.45. The number of nitrogens with zero attached hydrogens (tertiary/aromatic N) is 1. The summed E-state index contributed by atoms with van der Waals surface area (Å²) in [5.74, 6) is 2.23. The van der Waals surface area contributed by atoms with Gasteiger partial charge in [-0.3, -0.25) is 4.90 Å². The van der Waals surface area contributed by atoms with Crippen LogP contribution in [0.25, 0.3) is 0 Å². The Balaban J connectivity index is 1.65. The Kier molecular flexibility index (Phi) is 6.26. The van der Waals surface area contributed by atoms with Crippen LogP contribution in [0.15, 0.2) is 54.6 Å². The molecule has 0 N–H and O–H groups in total. The van der Waals surface area contributed by atoms with Gasteiger partial charge in [-0.2, -0.15) is 0 Å². The van der Waals surface area contributed by atoms with Crippen molar-refractivity contribution in [2.45, 2.75) is 25.1 Å². The first-order chi connectivity index (χ1) is 17.1. The van der Waals surface area contributed by atoms with E-state index in [0.29, 0.717) is 35.1 Å². The molecule has 3 aromatic carbocycles. The third kappa shape index (κ3) is 4.06. The minimum Gasteiger partial charge on any atom is -0.493 e. The molecule has 2 atom stereocenters. The minimum atomic E-state index is -0.552. The van der Waals surface area contributed by atoms with Crippen LogP contribution in [0, 0.1) is 0 Å². The van der Waals surface area contributed by atoms with Crippen LogP contribution in [0.3, 0.4) is 0 Å². The van der Waals surface area contributed by atoms with Crippen molar-refractivity contribution in [2.75, 3.05) is 35.0 Å². The zero-order valence-electron chi connectivity index (χ0n) is 20.4. The molecule has 2 heterocycles. The van der Waals surface area contributed by atoms with Gasteiger partial charge in [0.05, 0.1) is 40.0 Å². The number of methoxy groups -OCH3 is 4. The molecule has 0 saturated heterocycles. The molecule has 7 nitrogen and oxygen atoms in total. The highest BCUT2D eigenvalue weighted by atomic mass is 16.5. The molecule has 0 saturated carbocycles. The van der Waals surface area contributed by atoms with Gasteiger partial charge in [0.2, 0.25) is 0 Å². The Labute approximate surface area is 205 Å². The second kappa shape index (κ2) is 9.50. The molecule has 0 amide bonds. The van der Waals surface area contributed by atoms with Crippen LogP contribution in [-0.2, 0) is 17.7 Å². The van der Waals surface area contributed by atoms with E-state index in [-0.39, 0.29) is 12.0 Å². The zero-order chi connectivity index (χ0) is 24.5. The van der Waals surface area contributed by atoms with E-state index in [1.165, 1.54) is 0 Å². The van der Waals surface area contributed by atoms with Gasteiger partial charge in [0.25, 0.3) is 0 Å². The van der Waals surface area contributed by atoms with E-state index < -0.39 is 6.10 Å². The van der Waals surface area contributed by atoms with E-state index in [1.54, 1.807) is 40.6 Å². The maximum absolute atomic E-state index is 13.3. The summed E-state index contributed by atoms with van der Waals surface area (Å²) in [7, 11) is 6.50. The van der Waals surface area contributed by atoms with E-state index in [0.717, 1.165) is 35.2 Å². The molecular formula is C28H29NO6. The molecule has 3 aromatic rings. The number of fused-ring (bicyclic) bond motifs is 4. The summed E-state index contributed by atoms with van der Waals surface area (Å²) in [6, 6.07) is 16.9. The van der Waals surface area contributed by atoms with Crippen molar-refractivity contribution in [1.82, 2.24) is 4.90 Å². The van der Waals surface area contributed by atoms with Gasteiger partial charge in [0.1, 0.15) is 6.10 Å². The molecular weight excluding hydrogens is 446 g/mol. The Morgan fingerprint density at radius 1 is 0.771 bits per heavy atom. The van der Waals surface area contributed by atoms with E-state index in [9.17, 15) is 4.79 Å². The van der Waals surface area contributed by atoms with Gasteiger partial charge in [-0.25, -0.2) is 4.79 Å². The van der Waals surface area contributed by atoms with E-state index in [2.05, 4.69) is 4.90 Å². The predicted molar refractivity (Wildman–Crippen MR) is 131 cm³/mol. The molecule has 7 heteroatoms. The quantitative estimate of drug-likeness (QED) is 0.478. The third-order valence-corrected chi connectivity index (χ3v) is 6.88. The van der Waals surface area contributed by atoms with Gasteiger partial charge in [0, 0.05) is 18.7 Å². The number of ether oxygens (including phenoxy) is 5. The van der Waals surface area contributed by atoms with Crippen molar-refractivity contribution in [3.8, 4) is 23.0 Å². The van der Waals surface area contributed by atoms with Gasteiger partial charge in [-0.1, -0.05) is 18.2 Å². The van der Waals surface area contributed by atoms with E-state index in [1.807, 2.05) is 42.5 Å². The summed E-state index contributed by atoms with van der Waals surface area (Å²) >= 11 is 0. The van der Waals surface area contributed by atoms with Gasteiger partial charge >= 0.3 is 5.97 Å². The van der Waals surface area contributed by atoms with Gasteiger partial charge in [-0.15, -0.1) is 0 Å². The van der Waals surface area contributed by atoms with Gasteiger partial charge in [-0.05, 0) is 59.5 Å². The fraction of sp³-hybridized carbons (Fsp3) is 0.321. The Hall–Kier alpha value is -3.71. The number of carbonyl (C=O) groups is 1. The smallest absolute Gasteiger partial charge is 0.338 e. The Morgan fingerprint density at radius 3 is 1.97 bits per heavy atom. The fourth-order valence-electron chi connectivity index (χ4n) is 5.17. The normalized spacial score (nSPS) is 18.5. The number of carbonyl (C=O) groups excluding carboxylic acids is 1. The van der Waals surface area contributed by atoms with Crippen molar-refractivity contribution < 1.29 is 28.5 Å². The maximum Gasteiger partial charge on any atom is 0.338 e. The van der Waals surface area contributed by atoms with Crippen LogP contribution in [0.1, 0.15) is 44.8 Å². The average molecular weight is 476 g/mol. The van der Waals surface area contributed by atoms with Crippen molar-refractivity contribution in [2.24, 2.45) is 0 Å². The SMILES string of the molecule is COc1cc2c(cc1OC)[C@@H](OC(=O)c1ccccc1)[C@H]1c3cc(OC)c(OC)cc3CCN1C2. The predicted octanol–water partition coefficient (Wildman–Crippen LogP) is 4.73. The molecule has 0 unspecified atom stereocenters. The molecule has 0 radical (unpaired) electrons. The van der Waals surface area contributed by atoms with Crippen LogP contribution in [0.5, 0.6) is 23.0 Å².